The molecule has 3 aromatic heterocycles. The number of imide groups is 1. The number of fused-ring (bicyclic) bond motifs is 2. The Morgan fingerprint density at radius 1 is 0.969 bits per heavy atom. The standard InChI is InChI=1S/C45H54ClN11O7/c1-25(2)57-35-7-5-28(17-27(35)18-37(44(57)62)63-24-40(59)47-4)49-41-33(46)21-48-45(52-41)53-13-11-30(12-14-53)64-31-19-29(20-31)54-15-16-55(26(3)22-54)38-9-6-32-34(50-38)23-56(43(32)61)36-8-10-39(58)51-42(36)60/h5-7,9,17-18,21,25-26,29-31,36H,8,10-16,19-20,22-24H2,1-4H3,(H,47,59)(H,48,49,52)(H,51,58,60)/t26-,29?,31?,36?/m0/s1. The van der Waals surface area contributed by atoms with E-state index < -0.39 is 11.9 Å². The highest BCUT2D eigenvalue weighted by Gasteiger charge is 2.42. The quantitative estimate of drug-likeness (QED) is 0.174. The molecule has 18 nitrogen and oxygen atoms in total. The number of piperidine rings is 2. The second-order valence-corrected chi connectivity index (χ2v) is 18.1. The molecule has 4 fully saturated rings. The third-order valence-corrected chi connectivity index (χ3v) is 13.4. The van der Waals surface area contributed by atoms with Crippen molar-refractivity contribution in [3.05, 3.63) is 69.2 Å². The number of benzene rings is 1. The summed E-state index contributed by atoms with van der Waals surface area (Å²) in [5, 5.41) is 9.32. The predicted molar refractivity (Wildman–Crippen MR) is 240 cm³/mol. The predicted octanol–water partition coefficient (Wildman–Crippen LogP) is 3.78. The van der Waals surface area contributed by atoms with Gasteiger partial charge in [0, 0.05) is 75.4 Å². The van der Waals surface area contributed by atoms with Gasteiger partial charge < -0.3 is 39.4 Å². The molecule has 0 radical (unpaired) electrons. The molecule has 4 amide bonds. The molecule has 0 bridgehead atoms. The molecule has 2 atom stereocenters. The van der Waals surface area contributed by atoms with Crippen molar-refractivity contribution in [2.45, 2.75) is 102 Å². The van der Waals surface area contributed by atoms with Gasteiger partial charge in [-0.2, -0.15) is 4.98 Å². The van der Waals surface area contributed by atoms with Gasteiger partial charge in [-0.25, -0.2) is 9.97 Å². The summed E-state index contributed by atoms with van der Waals surface area (Å²) in [5.74, 6) is 0.714. The van der Waals surface area contributed by atoms with Crippen LogP contribution in [0.25, 0.3) is 10.9 Å². The molecule has 338 valence electrons. The van der Waals surface area contributed by atoms with E-state index in [0.29, 0.717) is 46.2 Å². The third kappa shape index (κ3) is 8.69. The number of hydrogen-bond donors (Lipinski definition) is 3. The van der Waals surface area contributed by atoms with Crippen LogP contribution in [0, 0.1) is 0 Å². The molecule has 1 aliphatic carbocycles. The van der Waals surface area contributed by atoms with E-state index in [-0.39, 0.29) is 72.9 Å². The van der Waals surface area contributed by atoms with Gasteiger partial charge in [-0.3, -0.25) is 34.2 Å². The average Bonchev–Trinajstić information content (AvgIpc) is 3.59. The molecule has 1 aromatic carbocycles. The van der Waals surface area contributed by atoms with Crippen LogP contribution in [0.1, 0.15) is 81.4 Å². The van der Waals surface area contributed by atoms with Gasteiger partial charge in [-0.05, 0) is 89.3 Å². The first-order valence-electron chi connectivity index (χ1n) is 22.2. The second-order valence-electron chi connectivity index (χ2n) is 17.7. The first-order chi connectivity index (χ1) is 30.8. The van der Waals surface area contributed by atoms with Gasteiger partial charge in [0.25, 0.3) is 17.4 Å². The Morgan fingerprint density at radius 3 is 2.50 bits per heavy atom. The van der Waals surface area contributed by atoms with Crippen LogP contribution >= 0.6 is 11.6 Å². The molecule has 4 aliphatic heterocycles. The SMILES string of the molecule is CNC(=O)COc1cc2cc(Nc3nc(N4CCC(OC5CC(N6CCN(c7ccc8c(n7)CN(C7CCC(=O)NC7=O)C8=O)[C@@H](C)C6)C5)CC4)ncc3Cl)ccc2n(C(C)C)c1=O. The molecule has 1 unspecified atom stereocenters. The van der Waals surface area contributed by atoms with E-state index in [0.717, 1.165) is 75.1 Å². The van der Waals surface area contributed by atoms with Crippen LogP contribution < -0.4 is 36.0 Å². The van der Waals surface area contributed by atoms with Crippen molar-refractivity contribution in [3.63, 3.8) is 0 Å². The molecule has 3 N–H and O–H groups in total. The molecule has 0 spiro atoms. The van der Waals surface area contributed by atoms with Gasteiger partial charge in [0.2, 0.25) is 17.8 Å². The minimum atomic E-state index is -0.656. The van der Waals surface area contributed by atoms with E-state index in [2.05, 4.69) is 42.6 Å². The second kappa shape index (κ2) is 18.0. The van der Waals surface area contributed by atoms with Crippen LogP contribution in [-0.4, -0.2) is 130 Å². The van der Waals surface area contributed by atoms with Crippen LogP contribution in [-0.2, 0) is 25.7 Å². The molecule has 19 heteroatoms. The number of rotatable bonds is 12. The van der Waals surface area contributed by atoms with Gasteiger partial charge in [-0.15, -0.1) is 0 Å². The fourth-order valence-electron chi connectivity index (χ4n) is 9.62. The van der Waals surface area contributed by atoms with E-state index in [4.69, 9.17) is 31.0 Å². The molecule has 5 aliphatic rings. The Morgan fingerprint density at radius 2 is 1.77 bits per heavy atom. The highest BCUT2D eigenvalue weighted by Crippen LogP contribution is 2.35. The lowest BCUT2D eigenvalue weighted by atomic mass is 9.86. The Kier molecular flexibility index (Phi) is 12.2. The zero-order valence-electron chi connectivity index (χ0n) is 36.5. The Balaban J connectivity index is 0.749. The highest BCUT2D eigenvalue weighted by molar-refractivity contribution is 6.33. The number of amides is 4. The van der Waals surface area contributed by atoms with E-state index in [1.807, 2.05) is 44.2 Å². The summed E-state index contributed by atoms with van der Waals surface area (Å²) in [4.78, 5) is 85.3. The number of piperazine rings is 1. The fraction of sp³-hybridized carbons (Fsp3) is 0.511. The number of carbonyl (C=O) groups excluding carboxylic acids is 4. The summed E-state index contributed by atoms with van der Waals surface area (Å²) in [6, 6.07) is 10.9. The van der Waals surface area contributed by atoms with Crippen molar-refractivity contribution in [2.75, 3.05) is 61.5 Å². The molecule has 1 saturated carbocycles. The van der Waals surface area contributed by atoms with Gasteiger partial charge in [0.15, 0.2) is 18.2 Å². The summed E-state index contributed by atoms with van der Waals surface area (Å²) in [5.41, 5.74) is 2.34. The summed E-state index contributed by atoms with van der Waals surface area (Å²) >= 11 is 6.60. The van der Waals surface area contributed by atoms with Crippen LogP contribution in [0.4, 0.5) is 23.3 Å². The minimum Gasteiger partial charge on any atom is -0.478 e. The number of halogens is 1. The Hall–Kier alpha value is -5.85. The van der Waals surface area contributed by atoms with E-state index >= 15 is 0 Å². The van der Waals surface area contributed by atoms with Crippen LogP contribution in [0.5, 0.6) is 5.75 Å². The van der Waals surface area contributed by atoms with Crippen molar-refractivity contribution in [1.29, 1.82) is 0 Å². The highest BCUT2D eigenvalue weighted by atomic mass is 35.5. The molecule has 3 saturated heterocycles. The largest absolute Gasteiger partial charge is 0.478 e. The number of likely N-dealkylation sites (N-methyl/N-ethyl adjacent to an activating group) is 1. The summed E-state index contributed by atoms with van der Waals surface area (Å²) in [7, 11) is 1.51. The van der Waals surface area contributed by atoms with E-state index in [1.54, 1.807) is 21.7 Å². The third-order valence-electron chi connectivity index (χ3n) is 13.2. The van der Waals surface area contributed by atoms with Crippen molar-refractivity contribution < 1.29 is 28.7 Å². The number of hydrogen-bond acceptors (Lipinski definition) is 14. The summed E-state index contributed by atoms with van der Waals surface area (Å²) in [6.07, 6.45) is 6.29. The maximum absolute atomic E-state index is 13.2. The van der Waals surface area contributed by atoms with Gasteiger partial charge in [-0.1, -0.05) is 11.6 Å². The van der Waals surface area contributed by atoms with Crippen LogP contribution in [0.15, 0.2) is 47.4 Å². The molecular formula is C45H54ClN11O7. The van der Waals surface area contributed by atoms with Crippen molar-refractivity contribution in [1.82, 2.24) is 40.0 Å². The van der Waals surface area contributed by atoms with Crippen molar-refractivity contribution >= 4 is 69.4 Å². The zero-order valence-corrected chi connectivity index (χ0v) is 37.3. The summed E-state index contributed by atoms with van der Waals surface area (Å²) < 4.78 is 13.9. The topological polar surface area (TPSA) is 196 Å². The number of pyridine rings is 2. The lowest BCUT2D eigenvalue weighted by Gasteiger charge is -2.49. The van der Waals surface area contributed by atoms with Crippen molar-refractivity contribution in [3.8, 4) is 5.75 Å². The van der Waals surface area contributed by atoms with Gasteiger partial charge >= 0.3 is 0 Å². The lowest BCUT2D eigenvalue weighted by Crippen LogP contribution is -2.59. The number of anilines is 4. The monoisotopic (exact) mass is 895 g/mol. The minimum absolute atomic E-state index is 0.0917. The molecular weight excluding hydrogens is 842 g/mol. The van der Waals surface area contributed by atoms with Crippen LogP contribution in [0.2, 0.25) is 5.02 Å². The zero-order chi connectivity index (χ0) is 44.8. The maximum Gasteiger partial charge on any atom is 0.293 e. The van der Waals surface area contributed by atoms with Crippen LogP contribution in [0.3, 0.4) is 0 Å². The summed E-state index contributed by atoms with van der Waals surface area (Å²) in [6.45, 7) is 10.2. The Bertz CT molecular complexity index is 2540. The van der Waals surface area contributed by atoms with Gasteiger partial charge in [0.1, 0.15) is 16.9 Å². The molecule has 64 heavy (non-hydrogen) atoms. The number of ether oxygens (including phenoxy) is 2. The first-order valence-corrected chi connectivity index (χ1v) is 22.6. The number of aromatic nitrogens is 4. The maximum atomic E-state index is 13.2. The Labute approximate surface area is 375 Å². The van der Waals surface area contributed by atoms with Gasteiger partial charge in [0.05, 0.1) is 41.7 Å². The van der Waals surface area contributed by atoms with E-state index in [1.165, 1.54) is 7.05 Å². The smallest absolute Gasteiger partial charge is 0.293 e. The van der Waals surface area contributed by atoms with E-state index in [9.17, 15) is 24.0 Å². The normalized spacial score (nSPS) is 23.0. The lowest BCUT2D eigenvalue weighted by molar-refractivity contribution is -0.137. The molecule has 4 aromatic rings. The number of nitrogens with one attached hydrogen (secondary N) is 3. The fourth-order valence-corrected chi connectivity index (χ4v) is 9.76. The number of nitrogens with zero attached hydrogens (tertiary/aromatic N) is 8. The number of carbonyl (C=O) groups is 4. The average molecular weight is 896 g/mol. The van der Waals surface area contributed by atoms with Crippen molar-refractivity contribution in [2.24, 2.45) is 0 Å². The molecule has 7 heterocycles. The molecule has 9 rings (SSSR count). The first kappa shape index (κ1) is 43.4.